The maximum Gasteiger partial charge on any atom is 0.337 e. The van der Waals surface area contributed by atoms with Crippen LogP contribution in [0.3, 0.4) is 0 Å². The van der Waals surface area contributed by atoms with E-state index in [0.29, 0.717) is 33.3 Å². The third-order valence-electron chi connectivity index (χ3n) is 4.54. The second-order valence-corrected chi connectivity index (χ2v) is 6.03. The van der Waals surface area contributed by atoms with Gasteiger partial charge in [0.25, 0.3) is 11.8 Å². The van der Waals surface area contributed by atoms with Gasteiger partial charge >= 0.3 is 5.97 Å². The van der Waals surface area contributed by atoms with Crippen molar-refractivity contribution < 1.29 is 19.5 Å². The summed E-state index contributed by atoms with van der Waals surface area (Å²) in [5.41, 5.74) is 2.11. The summed E-state index contributed by atoms with van der Waals surface area (Å²) in [7, 11) is 1.46. The fourth-order valence-corrected chi connectivity index (χ4v) is 3.25. The van der Waals surface area contributed by atoms with Crippen molar-refractivity contribution in [3.8, 4) is 0 Å². The average Bonchev–Trinajstić information content (AvgIpc) is 2.65. The fourth-order valence-electron chi connectivity index (χ4n) is 3.25. The van der Waals surface area contributed by atoms with Crippen LogP contribution in [0.2, 0.25) is 0 Å². The molecular formula is C20H14N2O4. The van der Waals surface area contributed by atoms with Gasteiger partial charge in [0.2, 0.25) is 0 Å². The van der Waals surface area contributed by atoms with Crippen molar-refractivity contribution >= 4 is 39.9 Å². The first-order valence-corrected chi connectivity index (χ1v) is 7.96. The summed E-state index contributed by atoms with van der Waals surface area (Å²) in [6.07, 6.45) is 0. The lowest BCUT2D eigenvalue weighted by molar-refractivity contribution is 0.0647. The average molecular weight is 346 g/mol. The summed E-state index contributed by atoms with van der Waals surface area (Å²) in [5.74, 6) is -1.74. The van der Waals surface area contributed by atoms with Gasteiger partial charge in [0.05, 0.1) is 11.3 Å². The lowest BCUT2D eigenvalue weighted by Gasteiger charge is -2.24. The Hall–Kier alpha value is -3.67. The number of benzene rings is 3. The van der Waals surface area contributed by atoms with Crippen LogP contribution in [0, 0.1) is 0 Å². The van der Waals surface area contributed by atoms with Gasteiger partial charge in [-0.05, 0) is 30.3 Å². The van der Waals surface area contributed by atoms with E-state index in [0.717, 1.165) is 4.90 Å². The molecule has 0 bridgehead atoms. The first-order chi connectivity index (χ1) is 12.5. The molecule has 0 aliphatic carbocycles. The van der Waals surface area contributed by atoms with Gasteiger partial charge in [0.1, 0.15) is 0 Å². The number of nitrogens with zero attached hydrogens (tertiary/aromatic N) is 1. The van der Waals surface area contributed by atoms with Crippen LogP contribution in [0.25, 0.3) is 10.8 Å². The first-order valence-electron chi connectivity index (χ1n) is 7.96. The molecule has 0 aromatic heterocycles. The standard InChI is InChI=1S/C20H14N2O4/c1-22-18(23)13-7-4-6-11-16(10-9-14(17(11)13)19(22)24)21-15-8-3-2-5-12(15)20(25)26/h2-10,21H,1H3,(H,25,26). The zero-order valence-corrected chi connectivity index (χ0v) is 13.8. The molecule has 1 aliphatic rings. The number of carbonyl (C=O) groups excluding carboxylic acids is 2. The number of carboxylic acid groups (broad SMARTS) is 1. The van der Waals surface area contributed by atoms with E-state index in [1.54, 1.807) is 48.5 Å². The molecule has 6 nitrogen and oxygen atoms in total. The molecule has 1 aliphatic heterocycles. The molecule has 0 fully saturated rings. The van der Waals surface area contributed by atoms with E-state index < -0.39 is 5.97 Å². The summed E-state index contributed by atoms with van der Waals surface area (Å²) in [6.45, 7) is 0. The predicted molar refractivity (Wildman–Crippen MR) is 97.1 cm³/mol. The van der Waals surface area contributed by atoms with Crippen LogP contribution >= 0.6 is 0 Å². The number of para-hydroxylation sites is 1. The smallest absolute Gasteiger partial charge is 0.337 e. The number of imide groups is 1. The van der Waals surface area contributed by atoms with Crippen molar-refractivity contribution in [3.05, 3.63) is 71.3 Å². The van der Waals surface area contributed by atoms with Gasteiger partial charge in [-0.15, -0.1) is 0 Å². The molecule has 0 spiro atoms. The van der Waals surface area contributed by atoms with E-state index in [1.807, 2.05) is 0 Å². The maximum absolute atomic E-state index is 12.4. The molecule has 3 aromatic rings. The molecule has 4 rings (SSSR count). The minimum Gasteiger partial charge on any atom is -0.478 e. The zero-order valence-electron chi connectivity index (χ0n) is 13.8. The Morgan fingerprint density at radius 1 is 0.885 bits per heavy atom. The van der Waals surface area contributed by atoms with Gasteiger partial charge in [-0.3, -0.25) is 14.5 Å². The topological polar surface area (TPSA) is 86.7 Å². The third-order valence-corrected chi connectivity index (χ3v) is 4.54. The Kier molecular flexibility index (Phi) is 3.47. The van der Waals surface area contributed by atoms with E-state index in [-0.39, 0.29) is 17.4 Å². The number of carboxylic acids is 1. The fraction of sp³-hybridized carbons (Fsp3) is 0.0500. The number of hydrogen-bond acceptors (Lipinski definition) is 4. The zero-order chi connectivity index (χ0) is 18.4. The molecule has 26 heavy (non-hydrogen) atoms. The molecule has 0 saturated carbocycles. The second kappa shape index (κ2) is 5.70. The lowest BCUT2D eigenvalue weighted by atomic mass is 9.93. The molecule has 2 N–H and O–H groups in total. The van der Waals surface area contributed by atoms with Crippen LogP contribution in [0.4, 0.5) is 11.4 Å². The van der Waals surface area contributed by atoms with Crippen LogP contribution in [-0.4, -0.2) is 34.8 Å². The predicted octanol–water partition coefficient (Wildman–Crippen LogP) is 3.51. The summed E-state index contributed by atoms with van der Waals surface area (Å²) < 4.78 is 0. The number of amides is 2. The van der Waals surface area contributed by atoms with E-state index in [2.05, 4.69) is 5.32 Å². The molecule has 1 heterocycles. The van der Waals surface area contributed by atoms with Crippen molar-refractivity contribution in [2.24, 2.45) is 0 Å². The minimum atomic E-state index is -1.04. The second-order valence-electron chi connectivity index (χ2n) is 6.03. The molecule has 128 valence electrons. The molecule has 0 atom stereocenters. The Morgan fingerprint density at radius 2 is 1.58 bits per heavy atom. The lowest BCUT2D eigenvalue weighted by Crippen LogP contribution is -2.36. The Morgan fingerprint density at radius 3 is 2.31 bits per heavy atom. The minimum absolute atomic E-state index is 0.139. The Bertz CT molecular complexity index is 1080. The van der Waals surface area contributed by atoms with Crippen molar-refractivity contribution in [3.63, 3.8) is 0 Å². The SMILES string of the molecule is CN1C(=O)c2cccc3c(Nc4ccccc4C(=O)O)ccc(c23)C1=O. The Balaban J connectivity index is 1.92. The van der Waals surface area contributed by atoms with Crippen LogP contribution in [0.15, 0.2) is 54.6 Å². The van der Waals surface area contributed by atoms with E-state index in [4.69, 9.17) is 0 Å². The molecule has 3 aromatic carbocycles. The van der Waals surface area contributed by atoms with Crippen LogP contribution in [-0.2, 0) is 0 Å². The van der Waals surface area contributed by atoms with Crippen molar-refractivity contribution in [1.82, 2.24) is 4.90 Å². The Labute approximate surface area is 148 Å². The monoisotopic (exact) mass is 346 g/mol. The van der Waals surface area contributed by atoms with Gasteiger partial charge < -0.3 is 10.4 Å². The van der Waals surface area contributed by atoms with Crippen LogP contribution in [0.5, 0.6) is 0 Å². The largest absolute Gasteiger partial charge is 0.478 e. The van der Waals surface area contributed by atoms with Gasteiger partial charge in [0.15, 0.2) is 0 Å². The van der Waals surface area contributed by atoms with Gasteiger partial charge in [-0.25, -0.2) is 4.79 Å². The van der Waals surface area contributed by atoms with E-state index >= 15 is 0 Å². The summed E-state index contributed by atoms with van der Waals surface area (Å²) >= 11 is 0. The van der Waals surface area contributed by atoms with Gasteiger partial charge in [-0.2, -0.15) is 0 Å². The molecule has 2 amide bonds. The van der Waals surface area contributed by atoms with Crippen LogP contribution in [0.1, 0.15) is 31.1 Å². The molecule has 6 heteroatoms. The summed E-state index contributed by atoms with van der Waals surface area (Å²) in [4.78, 5) is 37.4. The number of nitrogens with one attached hydrogen (secondary N) is 1. The number of hydrogen-bond donors (Lipinski definition) is 2. The molecule has 0 saturated heterocycles. The number of carbonyl (C=O) groups is 3. The summed E-state index contributed by atoms with van der Waals surface area (Å²) in [6, 6.07) is 15.2. The van der Waals surface area contributed by atoms with Gasteiger partial charge in [0, 0.05) is 34.6 Å². The highest BCUT2D eigenvalue weighted by atomic mass is 16.4. The van der Waals surface area contributed by atoms with E-state index in [1.165, 1.54) is 13.1 Å². The molecule has 0 unspecified atom stereocenters. The van der Waals surface area contributed by atoms with Gasteiger partial charge in [-0.1, -0.05) is 24.3 Å². The van der Waals surface area contributed by atoms with Crippen molar-refractivity contribution in [2.45, 2.75) is 0 Å². The normalized spacial score (nSPS) is 13.2. The van der Waals surface area contributed by atoms with E-state index in [9.17, 15) is 19.5 Å². The quantitative estimate of drug-likeness (QED) is 0.709. The number of aromatic carboxylic acids is 1. The summed E-state index contributed by atoms with van der Waals surface area (Å²) in [5, 5.41) is 13.8. The number of anilines is 2. The van der Waals surface area contributed by atoms with Crippen molar-refractivity contribution in [2.75, 3.05) is 12.4 Å². The third kappa shape index (κ3) is 2.23. The highest BCUT2D eigenvalue weighted by molar-refractivity contribution is 6.26. The maximum atomic E-state index is 12.4. The number of rotatable bonds is 3. The van der Waals surface area contributed by atoms with Crippen LogP contribution < -0.4 is 5.32 Å². The highest BCUT2D eigenvalue weighted by Gasteiger charge is 2.30. The van der Waals surface area contributed by atoms with Crippen molar-refractivity contribution in [1.29, 1.82) is 0 Å². The highest BCUT2D eigenvalue weighted by Crippen LogP contribution is 2.35. The molecule has 0 radical (unpaired) electrons. The molecular weight excluding hydrogens is 332 g/mol. The first kappa shape index (κ1) is 15.8.